The summed E-state index contributed by atoms with van der Waals surface area (Å²) >= 11 is 0. The van der Waals surface area contributed by atoms with E-state index in [0.717, 1.165) is 5.56 Å². The summed E-state index contributed by atoms with van der Waals surface area (Å²) in [6.07, 6.45) is 0. The molecule has 0 radical (unpaired) electrons. The fraction of sp³-hybridized carbons (Fsp3) is 0.0909. The first-order valence-electron chi connectivity index (χ1n) is 4.59. The van der Waals surface area contributed by atoms with Gasteiger partial charge < -0.3 is 10.7 Å². The number of nitrogens with one attached hydrogen (secondary N) is 1. The first-order chi connectivity index (χ1) is 7.16. The number of benzene rings is 1. The second kappa shape index (κ2) is 3.57. The van der Waals surface area contributed by atoms with Crippen molar-refractivity contribution in [2.24, 2.45) is 0 Å². The number of anilines is 1. The lowest BCUT2D eigenvalue weighted by atomic mass is 10.1. The Balaban J connectivity index is 2.64. The Labute approximate surface area is 86.8 Å². The van der Waals surface area contributed by atoms with Gasteiger partial charge in [0.15, 0.2) is 0 Å². The Morgan fingerprint density at radius 3 is 2.73 bits per heavy atom. The van der Waals surface area contributed by atoms with E-state index in [9.17, 15) is 4.79 Å². The number of aryl methyl sites for hydroxylation is 1. The standard InChI is InChI=1S/C11H11N3O/c1-7-6-10(15)14-11(13-7)8-4-2-3-5-9(8)12/h2-6H,12H2,1H3,(H,13,14,15). The molecule has 2 aromatic rings. The lowest BCUT2D eigenvalue weighted by molar-refractivity contribution is 1.07. The summed E-state index contributed by atoms with van der Waals surface area (Å²) in [5, 5.41) is 0. The molecule has 0 aliphatic carbocycles. The van der Waals surface area contributed by atoms with Crippen molar-refractivity contribution in [2.45, 2.75) is 6.92 Å². The molecule has 0 aliphatic heterocycles. The third-order valence-electron chi connectivity index (χ3n) is 2.09. The molecule has 1 aromatic carbocycles. The second-order valence-electron chi connectivity index (χ2n) is 3.32. The van der Waals surface area contributed by atoms with E-state index < -0.39 is 0 Å². The first kappa shape index (κ1) is 9.45. The smallest absolute Gasteiger partial charge is 0.251 e. The molecule has 2 rings (SSSR count). The summed E-state index contributed by atoms with van der Waals surface area (Å²) in [4.78, 5) is 18.1. The molecule has 0 aliphatic rings. The quantitative estimate of drug-likeness (QED) is 0.683. The highest BCUT2D eigenvalue weighted by atomic mass is 16.1. The number of nitrogens with two attached hydrogens (primary N) is 1. The van der Waals surface area contributed by atoms with Gasteiger partial charge in [-0.1, -0.05) is 12.1 Å². The van der Waals surface area contributed by atoms with Crippen LogP contribution in [0, 0.1) is 6.92 Å². The van der Waals surface area contributed by atoms with Crippen molar-refractivity contribution in [2.75, 3.05) is 5.73 Å². The van der Waals surface area contributed by atoms with E-state index in [1.165, 1.54) is 6.07 Å². The topological polar surface area (TPSA) is 71.8 Å². The maximum absolute atomic E-state index is 11.3. The van der Waals surface area contributed by atoms with E-state index in [4.69, 9.17) is 5.73 Å². The Kier molecular flexibility index (Phi) is 2.25. The molecular weight excluding hydrogens is 190 g/mol. The highest BCUT2D eigenvalue weighted by Gasteiger charge is 2.04. The summed E-state index contributed by atoms with van der Waals surface area (Å²) < 4.78 is 0. The molecule has 1 aromatic heterocycles. The fourth-order valence-corrected chi connectivity index (χ4v) is 1.42. The zero-order valence-corrected chi connectivity index (χ0v) is 8.32. The van der Waals surface area contributed by atoms with E-state index in [0.29, 0.717) is 17.2 Å². The Hall–Kier alpha value is -2.10. The lowest BCUT2D eigenvalue weighted by Crippen LogP contribution is -2.09. The van der Waals surface area contributed by atoms with Gasteiger partial charge in [0.1, 0.15) is 5.82 Å². The van der Waals surface area contributed by atoms with Crippen molar-refractivity contribution in [1.82, 2.24) is 9.97 Å². The number of hydrogen-bond donors (Lipinski definition) is 2. The van der Waals surface area contributed by atoms with Crippen LogP contribution in [0.3, 0.4) is 0 Å². The molecule has 76 valence electrons. The third kappa shape index (κ3) is 1.88. The van der Waals surface area contributed by atoms with Crippen molar-refractivity contribution in [3.05, 3.63) is 46.4 Å². The van der Waals surface area contributed by atoms with Crippen LogP contribution in [0.1, 0.15) is 5.69 Å². The zero-order valence-electron chi connectivity index (χ0n) is 8.32. The zero-order chi connectivity index (χ0) is 10.8. The molecule has 15 heavy (non-hydrogen) atoms. The van der Waals surface area contributed by atoms with Crippen LogP contribution < -0.4 is 11.3 Å². The molecule has 0 amide bonds. The Morgan fingerprint density at radius 1 is 1.33 bits per heavy atom. The van der Waals surface area contributed by atoms with Crippen LogP contribution >= 0.6 is 0 Å². The summed E-state index contributed by atoms with van der Waals surface area (Å²) in [7, 11) is 0. The van der Waals surface area contributed by atoms with Gasteiger partial charge in [0.25, 0.3) is 5.56 Å². The predicted molar refractivity (Wildman–Crippen MR) is 59.4 cm³/mol. The van der Waals surface area contributed by atoms with E-state index in [2.05, 4.69) is 9.97 Å². The molecule has 0 unspecified atom stereocenters. The van der Waals surface area contributed by atoms with Gasteiger partial charge >= 0.3 is 0 Å². The lowest BCUT2D eigenvalue weighted by Gasteiger charge is -2.04. The van der Waals surface area contributed by atoms with E-state index in [-0.39, 0.29) is 5.56 Å². The molecule has 0 bridgehead atoms. The molecular formula is C11H11N3O. The van der Waals surface area contributed by atoms with Gasteiger partial charge in [-0.15, -0.1) is 0 Å². The van der Waals surface area contributed by atoms with Crippen LogP contribution in [0.4, 0.5) is 5.69 Å². The molecule has 3 N–H and O–H groups in total. The van der Waals surface area contributed by atoms with Crippen LogP contribution in [0.15, 0.2) is 35.1 Å². The van der Waals surface area contributed by atoms with Gasteiger partial charge in [0.05, 0.1) is 0 Å². The molecule has 4 heteroatoms. The van der Waals surface area contributed by atoms with Crippen molar-refractivity contribution >= 4 is 5.69 Å². The van der Waals surface area contributed by atoms with Crippen LogP contribution in [0.25, 0.3) is 11.4 Å². The number of nitrogen functional groups attached to an aromatic ring is 1. The molecule has 0 atom stereocenters. The molecule has 1 heterocycles. The Morgan fingerprint density at radius 2 is 2.07 bits per heavy atom. The van der Waals surface area contributed by atoms with Crippen molar-refractivity contribution in [1.29, 1.82) is 0 Å². The second-order valence-corrected chi connectivity index (χ2v) is 3.32. The predicted octanol–water partition coefficient (Wildman–Crippen LogP) is 1.33. The number of hydrogen-bond acceptors (Lipinski definition) is 3. The highest BCUT2D eigenvalue weighted by molar-refractivity contribution is 5.70. The largest absolute Gasteiger partial charge is 0.398 e. The maximum atomic E-state index is 11.3. The van der Waals surface area contributed by atoms with E-state index in [1.54, 1.807) is 13.0 Å². The minimum absolute atomic E-state index is 0.166. The van der Waals surface area contributed by atoms with Gasteiger partial charge in [-0.25, -0.2) is 4.98 Å². The van der Waals surface area contributed by atoms with Crippen molar-refractivity contribution in [3.63, 3.8) is 0 Å². The Bertz CT molecular complexity index is 546. The minimum atomic E-state index is -0.166. The normalized spacial score (nSPS) is 10.2. The maximum Gasteiger partial charge on any atom is 0.251 e. The molecule has 0 spiro atoms. The van der Waals surface area contributed by atoms with Crippen LogP contribution in [0.5, 0.6) is 0 Å². The van der Waals surface area contributed by atoms with Crippen LogP contribution in [0.2, 0.25) is 0 Å². The molecule has 0 saturated heterocycles. The summed E-state index contributed by atoms with van der Waals surface area (Å²) in [6.45, 7) is 1.78. The number of H-pyrrole nitrogens is 1. The number of rotatable bonds is 1. The summed E-state index contributed by atoms with van der Waals surface area (Å²) in [6, 6.07) is 8.74. The van der Waals surface area contributed by atoms with Gasteiger partial charge in [-0.2, -0.15) is 0 Å². The van der Waals surface area contributed by atoms with Crippen LogP contribution in [-0.4, -0.2) is 9.97 Å². The number of nitrogens with zero attached hydrogens (tertiary/aromatic N) is 1. The third-order valence-corrected chi connectivity index (χ3v) is 2.09. The van der Waals surface area contributed by atoms with Gasteiger partial charge in [-0.05, 0) is 19.1 Å². The average Bonchev–Trinajstić information content (AvgIpc) is 2.16. The molecule has 0 fully saturated rings. The number of aromatic amines is 1. The van der Waals surface area contributed by atoms with Gasteiger partial charge in [-0.3, -0.25) is 4.79 Å². The summed E-state index contributed by atoms with van der Waals surface area (Å²) in [5.41, 5.74) is 7.65. The fourth-order valence-electron chi connectivity index (χ4n) is 1.42. The minimum Gasteiger partial charge on any atom is -0.398 e. The van der Waals surface area contributed by atoms with Crippen LogP contribution in [-0.2, 0) is 0 Å². The monoisotopic (exact) mass is 201 g/mol. The SMILES string of the molecule is Cc1cc(=O)[nH]c(-c2ccccc2N)n1. The van der Waals surface area contributed by atoms with E-state index in [1.807, 2.05) is 18.2 Å². The number of para-hydroxylation sites is 1. The molecule has 4 nitrogen and oxygen atoms in total. The summed E-state index contributed by atoms with van der Waals surface area (Å²) in [5.74, 6) is 0.512. The van der Waals surface area contributed by atoms with Crippen molar-refractivity contribution < 1.29 is 0 Å². The van der Waals surface area contributed by atoms with Gasteiger partial charge in [0.2, 0.25) is 0 Å². The highest BCUT2D eigenvalue weighted by Crippen LogP contribution is 2.20. The number of aromatic nitrogens is 2. The average molecular weight is 201 g/mol. The first-order valence-corrected chi connectivity index (χ1v) is 4.59. The molecule has 0 saturated carbocycles. The van der Waals surface area contributed by atoms with Gasteiger partial charge in [0, 0.05) is 23.0 Å². The van der Waals surface area contributed by atoms with E-state index >= 15 is 0 Å². The van der Waals surface area contributed by atoms with Crippen molar-refractivity contribution in [3.8, 4) is 11.4 Å².